The molecule has 350 valence electrons. The summed E-state index contributed by atoms with van der Waals surface area (Å²) >= 11 is 6.50. The van der Waals surface area contributed by atoms with Crippen LogP contribution in [0.15, 0.2) is 36.7 Å². The Bertz CT molecular complexity index is 2790. The lowest BCUT2D eigenvalue weighted by molar-refractivity contribution is -0.730. The van der Waals surface area contributed by atoms with Crippen molar-refractivity contribution in [2.75, 3.05) is 31.5 Å². The summed E-state index contributed by atoms with van der Waals surface area (Å²) < 4.78 is 64.6. The molecule has 1 saturated heterocycles. The number of carbonyl (C=O) groups is 2. The predicted octanol–water partition coefficient (Wildman–Crippen LogP) is 5.51. The van der Waals surface area contributed by atoms with Gasteiger partial charge < -0.3 is 39.6 Å². The lowest BCUT2D eigenvalue weighted by atomic mass is 10.0. The number of carbonyl (C=O) groups excluding carboxylic acids is 2. The van der Waals surface area contributed by atoms with Gasteiger partial charge in [-0.25, -0.2) is 48.1 Å². The number of imidazole rings is 2. The SMILES string of the molecule is COCc1cn2c(Nc3cc([C@H]4OC[C@@H](OC(=O)NC5(C)CC5)[C@H]4F)[nH]n3)nc(C[n+]3[nH]c([C@@H]4CC[C@H](OC(=O)NC5(C)CC5)[C@@H]4F)cc3Nc3nc(Cl)cc4nc(COC)cn34)cc2n1. The van der Waals surface area contributed by atoms with E-state index in [1.165, 1.54) is 0 Å². The van der Waals surface area contributed by atoms with E-state index in [9.17, 15) is 9.59 Å². The zero-order valence-corrected chi connectivity index (χ0v) is 37.3. The molecule has 24 heteroatoms. The van der Waals surface area contributed by atoms with E-state index >= 15 is 8.78 Å². The van der Waals surface area contributed by atoms with E-state index in [0.29, 0.717) is 76.1 Å². The fourth-order valence-electron chi connectivity index (χ4n) is 8.38. The summed E-state index contributed by atoms with van der Waals surface area (Å²) in [6.07, 6.45) is 0.139. The normalized spacial score (nSPS) is 23.9. The van der Waals surface area contributed by atoms with Gasteiger partial charge in [0.05, 0.1) is 54.4 Å². The molecule has 6 N–H and O–H groups in total. The zero-order chi connectivity index (χ0) is 45.9. The maximum atomic E-state index is 16.3. The summed E-state index contributed by atoms with van der Waals surface area (Å²) in [5.41, 5.74) is 3.10. The first-order valence-corrected chi connectivity index (χ1v) is 22.1. The summed E-state index contributed by atoms with van der Waals surface area (Å²) in [6, 6.07) is 6.82. The van der Waals surface area contributed by atoms with Crippen molar-refractivity contribution >= 4 is 58.6 Å². The largest absolute Gasteiger partial charge is 0.443 e. The number of halogens is 3. The third-order valence-corrected chi connectivity index (χ3v) is 12.7. The van der Waals surface area contributed by atoms with E-state index in [2.05, 4.69) is 46.5 Å². The van der Waals surface area contributed by atoms with Gasteiger partial charge in [0, 0.05) is 61.8 Å². The molecule has 0 bridgehead atoms. The molecule has 0 aromatic carbocycles. The topological polar surface area (TPSA) is 237 Å². The Hall–Kier alpha value is -6.17. The Labute approximate surface area is 380 Å². The summed E-state index contributed by atoms with van der Waals surface area (Å²) in [5, 5.41) is 23.0. The van der Waals surface area contributed by atoms with Gasteiger partial charge in [0.2, 0.25) is 5.95 Å². The number of aromatic amines is 2. The van der Waals surface area contributed by atoms with Crippen molar-refractivity contribution < 1.29 is 46.7 Å². The lowest BCUT2D eigenvalue weighted by Gasteiger charge is -2.19. The maximum absolute atomic E-state index is 16.3. The first kappa shape index (κ1) is 43.7. The average molecular weight is 936 g/mol. The van der Waals surface area contributed by atoms with Gasteiger partial charge in [0.25, 0.3) is 0 Å². The fraction of sp³-hybridized carbons (Fsp3) is 0.524. The number of aromatic nitrogens is 10. The minimum absolute atomic E-state index is 0.104. The molecule has 21 nitrogen and oxygen atoms in total. The summed E-state index contributed by atoms with van der Waals surface area (Å²) in [7, 11) is 3.14. The molecule has 66 heavy (non-hydrogen) atoms. The van der Waals surface area contributed by atoms with E-state index in [1.807, 2.05) is 13.8 Å². The van der Waals surface area contributed by atoms with Crippen molar-refractivity contribution in [3.8, 4) is 0 Å². The molecule has 0 spiro atoms. The average Bonchev–Trinajstić information content (AvgIpc) is 3.67. The fourth-order valence-corrected chi connectivity index (χ4v) is 8.56. The highest BCUT2D eigenvalue weighted by molar-refractivity contribution is 6.29. The third kappa shape index (κ3) is 9.16. The monoisotopic (exact) mass is 935 g/mol. The number of alkyl halides is 2. The molecule has 10 rings (SSSR count). The van der Waals surface area contributed by atoms with Crippen LogP contribution in [0, 0.1) is 0 Å². The van der Waals surface area contributed by atoms with Crippen LogP contribution in [-0.2, 0) is 43.4 Å². The van der Waals surface area contributed by atoms with E-state index in [1.54, 1.807) is 64.4 Å². The Kier molecular flexibility index (Phi) is 11.4. The van der Waals surface area contributed by atoms with E-state index in [4.69, 9.17) is 45.3 Å². The molecule has 7 heterocycles. The number of anilines is 4. The molecule has 4 fully saturated rings. The van der Waals surface area contributed by atoms with Crippen molar-refractivity contribution in [2.24, 2.45) is 0 Å². The van der Waals surface area contributed by atoms with Gasteiger partial charge in [0.15, 0.2) is 24.6 Å². The van der Waals surface area contributed by atoms with E-state index in [0.717, 1.165) is 25.7 Å². The number of ether oxygens (including phenoxy) is 5. The van der Waals surface area contributed by atoms with Crippen LogP contribution in [0.5, 0.6) is 0 Å². The van der Waals surface area contributed by atoms with Crippen LogP contribution in [0.25, 0.3) is 11.3 Å². The van der Waals surface area contributed by atoms with E-state index in [-0.39, 0.29) is 42.6 Å². The molecular formula is C42H50ClF2N14O7+. The van der Waals surface area contributed by atoms with Crippen LogP contribution in [-0.4, -0.2) is 113 Å². The van der Waals surface area contributed by atoms with Crippen molar-refractivity contribution in [3.63, 3.8) is 0 Å². The molecule has 2 amide bonds. The number of methoxy groups -OCH3 is 2. The highest BCUT2D eigenvalue weighted by atomic mass is 35.5. The number of rotatable bonds is 16. The molecule has 3 saturated carbocycles. The molecular weight excluding hydrogens is 886 g/mol. The van der Waals surface area contributed by atoms with Crippen LogP contribution in [0.2, 0.25) is 5.15 Å². The number of fused-ring (bicyclic) bond motifs is 2. The van der Waals surface area contributed by atoms with Crippen molar-refractivity contribution in [1.29, 1.82) is 0 Å². The van der Waals surface area contributed by atoms with E-state index < -0.39 is 48.8 Å². The highest BCUT2D eigenvalue weighted by Gasteiger charge is 2.46. The number of hydrogen-bond acceptors (Lipinski definition) is 14. The zero-order valence-electron chi connectivity index (χ0n) is 36.6. The first-order chi connectivity index (χ1) is 31.7. The summed E-state index contributed by atoms with van der Waals surface area (Å²) in [4.78, 5) is 44.0. The lowest BCUT2D eigenvalue weighted by Crippen LogP contribution is -2.40. The molecule has 0 radical (unpaired) electrons. The molecule has 1 aliphatic heterocycles. The Morgan fingerprint density at radius 1 is 0.818 bits per heavy atom. The Morgan fingerprint density at radius 2 is 1.45 bits per heavy atom. The summed E-state index contributed by atoms with van der Waals surface area (Å²) in [6.45, 7) is 4.30. The van der Waals surface area contributed by atoms with Crippen LogP contribution in [0.4, 0.5) is 41.9 Å². The van der Waals surface area contributed by atoms with Crippen LogP contribution >= 0.6 is 11.6 Å². The molecule has 6 aromatic heterocycles. The minimum Gasteiger partial charge on any atom is -0.443 e. The second-order valence-corrected chi connectivity index (χ2v) is 18.4. The number of nitrogens with one attached hydrogen (secondary N) is 6. The second-order valence-electron chi connectivity index (χ2n) is 18.0. The number of nitrogens with zero attached hydrogens (tertiary/aromatic N) is 8. The molecule has 6 atom stereocenters. The number of amides is 2. The van der Waals surface area contributed by atoms with Crippen LogP contribution in [0.3, 0.4) is 0 Å². The standard InChI is InChI=1S/C42H49ClF2N14O7/c1-41(7-8-41)52-39(60)65-27-6-5-24(34(27)44)25-13-33(51-38-49-29(43)14-32-47-23(19-63-4)16-58(32)38)59(56-25)17-21-11-31-46-22(18-62-3)15-57(31)37(48-21)50-30-12-26(54-55-30)36-35(45)28(20-64-36)66-40(61)53-42(2)9-10-42/h11-16,24,27-28,34-36H,5-10,17-20H2,1-4H3,(H5,46,47,48,49,50,51,52,53,54,55,56,60,61)/p+1/t24-,27-,28+,34+,35+,36+/m0/s1. The number of hydrogen-bond donors (Lipinski definition) is 6. The van der Waals surface area contributed by atoms with Gasteiger partial charge in [-0.15, -0.1) is 0 Å². The molecule has 4 aliphatic rings. The predicted molar refractivity (Wildman–Crippen MR) is 230 cm³/mol. The number of H-pyrrole nitrogens is 2. The van der Waals surface area contributed by atoms with Crippen LogP contribution in [0.1, 0.15) is 92.9 Å². The molecule has 0 unspecified atom stereocenters. The summed E-state index contributed by atoms with van der Waals surface area (Å²) in [5.74, 6) is 0.779. The molecule has 3 aliphatic carbocycles. The van der Waals surface area contributed by atoms with Gasteiger partial charge in [-0.3, -0.25) is 9.50 Å². The minimum atomic E-state index is -1.65. The van der Waals surface area contributed by atoms with Gasteiger partial charge in [-0.05, 0) is 52.4 Å². The van der Waals surface area contributed by atoms with Crippen molar-refractivity contribution in [3.05, 3.63) is 70.3 Å². The van der Waals surface area contributed by atoms with Gasteiger partial charge >= 0.3 is 24.0 Å². The number of alkyl carbamates (subject to hydrolysis) is 2. The Morgan fingerprint density at radius 3 is 2.11 bits per heavy atom. The Balaban J connectivity index is 0.938. The van der Waals surface area contributed by atoms with Gasteiger partial charge in [-0.2, -0.15) is 14.8 Å². The van der Waals surface area contributed by atoms with Gasteiger partial charge in [-0.1, -0.05) is 11.6 Å². The van der Waals surface area contributed by atoms with Crippen molar-refractivity contribution in [1.82, 2.24) is 54.7 Å². The van der Waals surface area contributed by atoms with Crippen LogP contribution < -0.4 is 25.9 Å². The third-order valence-electron chi connectivity index (χ3n) is 12.5. The maximum Gasteiger partial charge on any atom is 0.408 e. The molecule has 6 aromatic rings. The van der Waals surface area contributed by atoms with Gasteiger partial charge in [0.1, 0.15) is 34.8 Å². The van der Waals surface area contributed by atoms with Crippen molar-refractivity contribution in [2.45, 2.75) is 120 Å². The quantitative estimate of drug-likeness (QED) is 0.0519. The first-order valence-electron chi connectivity index (χ1n) is 21.7. The second kappa shape index (κ2) is 17.2. The highest BCUT2D eigenvalue weighted by Crippen LogP contribution is 2.40. The smallest absolute Gasteiger partial charge is 0.408 e.